The summed E-state index contributed by atoms with van der Waals surface area (Å²) in [5.74, 6) is -0.0813. The van der Waals surface area contributed by atoms with Gasteiger partial charge < -0.3 is 10.1 Å². The van der Waals surface area contributed by atoms with E-state index >= 15 is 0 Å². The van der Waals surface area contributed by atoms with Crippen molar-refractivity contribution in [3.63, 3.8) is 0 Å². The van der Waals surface area contributed by atoms with Crippen LogP contribution in [0.3, 0.4) is 0 Å². The number of hydrogen-bond donors (Lipinski definition) is 1. The van der Waals surface area contributed by atoms with E-state index in [1.807, 2.05) is 12.1 Å². The van der Waals surface area contributed by atoms with E-state index in [0.29, 0.717) is 13.1 Å². The summed E-state index contributed by atoms with van der Waals surface area (Å²) in [4.78, 5) is 15.3. The van der Waals surface area contributed by atoms with Crippen LogP contribution in [0.5, 0.6) is 0 Å². The Bertz CT molecular complexity index is 836. The third kappa shape index (κ3) is 5.08. The molecule has 2 heterocycles. The molecule has 4 nitrogen and oxygen atoms in total. The van der Waals surface area contributed by atoms with Crippen molar-refractivity contribution in [1.82, 2.24) is 10.2 Å². The number of rotatable bonds is 6. The molecule has 0 spiro atoms. The highest BCUT2D eigenvalue weighted by molar-refractivity contribution is 5.79. The van der Waals surface area contributed by atoms with E-state index in [1.165, 1.54) is 11.6 Å². The first-order valence-corrected chi connectivity index (χ1v) is 11.0. The minimum atomic E-state index is -0.207. The van der Waals surface area contributed by atoms with E-state index in [-0.39, 0.29) is 23.1 Å². The van der Waals surface area contributed by atoms with Crippen LogP contribution in [-0.2, 0) is 21.5 Å². The van der Waals surface area contributed by atoms with Gasteiger partial charge in [0.25, 0.3) is 0 Å². The molecule has 1 atom stereocenters. The lowest BCUT2D eigenvalue weighted by atomic mass is 9.74. The molecule has 5 heteroatoms. The molecule has 1 N–H and O–H groups in total. The van der Waals surface area contributed by atoms with Gasteiger partial charge >= 0.3 is 0 Å². The van der Waals surface area contributed by atoms with Gasteiger partial charge in [-0.05, 0) is 55.5 Å². The van der Waals surface area contributed by atoms with Crippen LogP contribution >= 0.6 is 0 Å². The molecule has 1 amide bonds. The van der Waals surface area contributed by atoms with Crippen molar-refractivity contribution in [2.75, 3.05) is 32.8 Å². The Kier molecular flexibility index (Phi) is 6.80. The van der Waals surface area contributed by atoms with E-state index < -0.39 is 0 Å². The second kappa shape index (κ2) is 9.71. The quantitative estimate of drug-likeness (QED) is 0.785. The Morgan fingerprint density at radius 1 is 1.13 bits per heavy atom. The number of amides is 1. The number of carbonyl (C=O) groups is 1. The van der Waals surface area contributed by atoms with Crippen LogP contribution in [0, 0.1) is 11.7 Å². The third-order valence-electron chi connectivity index (χ3n) is 6.61. The number of hydrogen-bond acceptors (Lipinski definition) is 3. The predicted octanol–water partition coefficient (Wildman–Crippen LogP) is 3.90. The van der Waals surface area contributed by atoms with E-state index in [9.17, 15) is 9.18 Å². The Morgan fingerprint density at radius 3 is 2.70 bits per heavy atom. The maximum atomic E-state index is 13.5. The molecular weight excluding hydrogens is 379 g/mol. The van der Waals surface area contributed by atoms with Gasteiger partial charge in [0.1, 0.15) is 5.82 Å². The standard InChI is InChI=1S/C25H31FN2O2/c26-23-10-4-6-20(16-23)17-28-13-5-7-21(18-28)24(29)27-19-25(11-14-30-15-12-25)22-8-2-1-3-9-22/h1-4,6,8-10,16,21H,5,7,11-15,17-19H2,(H,27,29). The highest BCUT2D eigenvalue weighted by atomic mass is 19.1. The monoisotopic (exact) mass is 410 g/mol. The average Bonchev–Trinajstić information content (AvgIpc) is 2.79. The third-order valence-corrected chi connectivity index (χ3v) is 6.61. The number of likely N-dealkylation sites (tertiary alicyclic amines) is 1. The first kappa shape index (κ1) is 21.0. The van der Waals surface area contributed by atoms with Gasteiger partial charge in [-0.25, -0.2) is 4.39 Å². The first-order valence-electron chi connectivity index (χ1n) is 11.0. The number of ether oxygens (including phenoxy) is 1. The number of halogens is 1. The molecule has 2 aromatic rings. The average molecular weight is 411 g/mol. The molecule has 2 fully saturated rings. The van der Waals surface area contributed by atoms with Crippen LogP contribution in [0.15, 0.2) is 54.6 Å². The predicted molar refractivity (Wildman–Crippen MR) is 116 cm³/mol. The maximum absolute atomic E-state index is 13.5. The lowest BCUT2D eigenvalue weighted by Gasteiger charge is -2.39. The smallest absolute Gasteiger partial charge is 0.224 e. The summed E-state index contributed by atoms with van der Waals surface area (Å²) in [5.41, 5.74) is 2.19. The fourth-order valence-electron chi connectivity index (χ4n) is 4.83. The van der Waals surface area contributed by atoms with Gasteiger partial charge in [-0.2, -0.15) is 0 Å². The molecule has 160 valence electrons. The van der Waals surface area contributed by atoms with Crippen LogP contribution in [0.1, 0.15) is 36.8 Å². The van der Waals surface area contributed by atoms with Gasteiger partial charge in [0.05, 0.1) is 5.92 Å². The highest BCUT2D eigenvalue weighted by Crippen LogP contribution is 2.34. The fourth-order valence-corrected chi connectivity index (χ4v) is 4.83. The van der Waals surface area contributed by atoms with Crippen LogP contribution < -0.4 is 5.32 Å². The van der Waals surface area contributed by atoms with Crippen LogP contribution in [-0.4, -0.2) is 43.7 Å². The maximum Gasteiger partial charge on any atom is 0.224 e. The van der Waals surface area contributed by atoms with E-state index in [1.54, 1.807) is 12.1 Å². The minimum Gasteiger partial charge on any atom is -0.381 e. The van der Waals surface area contributed by atoms with Crippen molar-refractivity contribution >= 4 is 5.91 Å². The molecule has 0 radical (unpaired) electrons. The molecule has 0 aliphatic carbocycles. The van der Waals surface area contributed by atoms with Gasteiger partial charge in [0.2, 0.25) is 5.91 Å². The van der Waals surface area contributed by atoms with Crippen molar-refractivity contribution in [2.45, 2.75) is 37.6 Å². The minimum absolute atomic E-state index is 0.0139. The summed E-state index contributed by atoms with van der Waals surface area (Å²) < 4.78 is 19.1. The Balaban J connectivity index is 1.36. The van der Waals surface area contributed by atoms with Gasteiger partial charge in [-0.3, -0.25) is 9.69 Å². The molecular formula is C25H31FN2O2. The largest absolute Gasteiger partial charge is 0.381 e. The molecule has 4 rings (SSSR count). The number of piperidine rings is 1. The number of carbonyl (C=O) groups excluding carboxylic acids is 1. The highest BCUT2D eigenvalue weighted by Gasteiger charge is 2.35. The summed E-state index contributed by atoms with van der Waals surface area (Å²) in [7, 11) is 0. The van der Waals surface area contributed by atoms with E-state index in [0.717, 1.165) is 57.6 Å². The molecule has 0 aromatic heterocycles. The SMILES string of the molecule is O=C(NCC1(c2ccccc2)CCOCC1)C1CCCN(Cc2cccc(F)c2)C1. The first-order chi connectivity index (χ1) is 14.6. The van der Waals surface area contributed by atoms with Gasteiger partial charge in [0, 0.05) is 38.3 Å². The van der Waals surface area contributed by atoms with Crippen molar-refractivity contribution in [3.05, 3.63) is 71.5 Å². The van der Waals surface area contributed by atoms with Crippen molar-refractivity contribution in [2.24, 2.45) is 5.92 Å². The normalized spacial score (nSPS) is 21.8. The summed E-state index contributed by atoms with van der Waals surface area (Å²) in [6.07, 6.45) is 3.75. The Morgan fingerprint density at radius 2 is 1.93 bits per heavy atom. The summed E-state index contributed by atoms with van der Waals surface area (Å²) in [6, 6.07) is 17.2. The van der Waals surface area contributed by atoms with Crippen molar-refractivity contribution in [3.8, 4) is 0 Å². The molecule has 0 bridgehead atoms. The second-order valence-electron chi connectivity index (χ2n) is 8.68. The lowest BCUT2D eigenvalue weighted by molar-refractivity contribution is -0.127. The molecule has 2 aromatic carbocycles. The zero-order valence-corrected chi connectivity index (χ0v) is 17.5. The zero-order chi connectivity index (χ0) is 20.8. The summed E-state index contributed by atoms with van der Waals surface area (Å²) in [5, 5.41) is 3.27. The molecule has 0 saturated carbocycles. The fraction of sp³-hybridized carbons (Fsp3) is 0.480. The summed E-state index contributed by atoms with van der Waals surface area (Å²) >= 11 is 0. The molecule has 2 aliphatic heterocycles. The van der Waals surface area contributed by atoms with Gasteiger partial charge in [0.15, 0.2) is 0 Å². The second-order valence-corrected chi connectivity index (χ2v) is 8.68. The Labute approximate surface area is 178 Å². The number of nitrogens with one attached hydrogen (secondary N) is 1. The topological polar surface area (TPSA) is 41.6 Å². The molecule has 2 saturated heterocycles. The van der Waals surface area contributed by atoms with E-state index in [2.05, 4.69) is 34.5 Å². The van der Waals surface area contributed by atoms with Crippen LogP contribution in [0.4, 0.5) is 4.39 Å². The molecule has 30 heavy (non-hydrogen) atoms. The van der Waals surface area contributed by atoms with Gasteiger partial charge in [-0.15, -0.1) is 0 Å². The summed E-state index contributed by atoms with van der Waals surface area (Å²) in [6.45, 7) is 4.48. The Hall–Kier alpha value is -2.24. The number of benzene rings is 2. The zero-order valence-electron chi connectivity index (χ0n) is 17.5. The molecule has 2 aliphatic rings. The molecule has 1 unspecified atom stereocenters. The van der Waals surface area contributed by atoms with Crippen molar-refractivity contribution < 1.29 is 13.9 Å². The van der Waals surface area contributed by atoms with Gasteiger partial charge in [-0.1, -0.05) is 42.5 Å². The number of nitrogens with zero attached hydrogens (tertiary/aromatic N) is 1. The van der Waals surface area contributed by atoms with Crippen LogP contribution in [0.25, 0.3) is 0 Å². The van der Waals surface area contributed by atoms with E-state index in [4.69, 9.17) is 4.74 Å². The van der Waals surface area contributed by atoms with Crippen molar-refractivity contribution in [1.29, 1.82) is 0 Å². The van der Waals surface area contributed by atoms with Crippen LogP contribution in [0.2, 0.25) is 0 Å². The lowest BCUT2D eigenvalue weighted by Crippen LogP contribution is -2.48.